The first-order valence-electron chi connectivity index (χ1n) is 5.27. The van der Waals surface area contributed by atoms with Crippen molar-refractivity contribution in [3.63, 3.8) is 0 Å². The molecule has 4 heteroatoms. The number of aromatic hydroxyl groups is 1. The van der Waals surface area contributed by atoms with Gasteiger partial charge in [0.2, 0.25) is 0 Å². The number of carbonyl (C=O) groups is 1. The van der Waals surface area contributed by atoms with Crippen LogP contribution in [0.3, 0.4) is 0 Å². The second-order valence-corrected chi connectivity index (χ2v) is 3.79. The van der Waals surface area contributed by atoms with Gasteiger partial charge in [0.05, 0.1) is 6.26 Å². The highest BCUT2D eigenvalue weighted by Gasteiger charge is 2.11. The maximum Gasteiger partial charge on any atom is 0.287 e. The summed E-state index contributed by atoms with van der Waals surface area (Å²) >= 11 is 0. The smallest absolute Gasteiger partial charge is 0.287 e. The molecule has 0 aliphatic carbocycles. The molecule has 2 rings (SSSR count). The zero-order valence-electron chi connectivity index (χ0n) is 9.43. The molecule has 1 amide bonds. The highest BCUT2D eigenvalue weighted by Crippen LogP contribution is 2.12. The Morgan fingerprint density at radius 1 is 1.41 bits per heavy atom. The number of phenolic OH excluding ortho intramolecular Hbond substituents is 1. The van der Waals surface area contributed by atoms with Gasteiger partial charge in [-0.1, -0.05) is 12.1 Å². The summed E-state index contributed by atoms with van der Waals surface area (Å²) in [5.41, 5.74) is 1.64. The predicted octanol–water partition coefficient (Wildman–Crippen LogP) is 2.22. The van der Waals surface area contributed by atoms with Gasteiger partial charge in [0.1, 0.15) is 5.75 Å². The van der Waals surface area contributed by atoms with Crippen molar-refractivity contribution in [3.8, 4) is 5.75 Å². The summed E-state index contributed by atoms with van der Waals surface area (Å²) in [6.45, 7) is 2.17. The van der Waals surface area contributed by atoms with Crippen molar-refractivity contribution in [1.29, 1.82) is 0 Å². The number of aryl methyl sites for hydroxylation is 1. The fraction of sp³-hybridized carbons (Fsp3) is 0.154. The van der Waals surface area contributed by atoms with Crippen LogP contribution in [0, 0.1) is 6.92 Å². The van der Waals surface area contributed by atoms with Gasteiger partial charge in [0, 0.05) is 12.1 Å². The number of hydrogen-bond acceptors (Lipinski definition) is 3. The molecule has 2 N–H and O–H groups in total. The van der Waals surface area contributed by atoms with Gasteiger partial charge in [-0.2, -0.15) is 0 Å². The number of carbonyl (C=O) groups excluding carboxylic acids is 1. The first-order valence-corrected chi connectivity index (χ1v) is 5.27. The average molecular weight is 231 g/mol. The van der Waals surface area contributed by atoms with Gasteiger partial charge in [-0.05, 0) is 30.7 Å². The fourth-order valence-corrected chi connectivity index (χ4v) is 1.53. The van der Waals surface area contributed by atoms with Crippen LogP contribution in [0.4, 0.5) is 0 Å². The van der Waals surface area contributed by atoms with Gasteiger partial charge in [0.15, 0.2) is 5.76 Å². The van der Waals surface area contributed by atoms with Crippen LogP contribution < -0.4 is 5.32 Å². The van der Waals surface area contributed by atoms with Crippen molar-refractivity contribution in [2.45, 2.75) is 13.5 Å². The van der Waals surface area contributed by atoms with Gasteiger partial charge in [0.25, 0.3) is 5.91 Å². The second-order valence-electron chi connectivity index (χ2n) is 3.79. The second kappa shape index (κ2) is 4.74. The molecule has 0 radical (unpaired) electrons. The van der Waals surface area contributed by atoms with Gasteiger partial charge in [-0.3, -0.25) is 4.79 Å². The van der Waals surface area contributed by atoms with E-state index in [2.05, 4.69) is 5.32 Å². The molecule has 0 saturated heterocycles. The molecule has 0 spiro atoms. The third-order valence-corrected chi connectivity index (χ3v) is 2.43. The quantitative estimate of drug-likeness (QED) is 0.851. The number of benzene rings is 1. The Balaban J connectivity index is 1.99. The number of rotatable bonds is 3. The van der Waals surface area contributed by atoms with Crippen LogP contribution in [0.2, 0.25) is 0 Å². The molecule has 1 aromatic carbocycles. The number of furan rings is 1. The van der Waals surface area contributed by atoms with E-state index in [-0.39, 0.29) is 11.7 Å². The molecular weight excluding hydrogens is 218 g/mol. The molecule has 1 aromatic heterocycles. The zero-order chi connectivity index (χ0) is 12.3. The number of nitrogens with one attached hydrogen (secondary N) is 1. The number of phenols is 1. The Kier molecular flexibility index (Phi) is 3.14. The van der Waals surface area contributed by atoms with Crippen molar-refractivity contribution >= 4 is 5.91 Å². The van der Waals surface area contributed by atoms with Gasteiger partial charge < -0.3 is 14.8 Å². The Hall–Kier alpha value is -2.23. The minimum Gasteiger partial charge on any atom is -0.508 e. The third-order valence-electron chi connectivity index (χ3n) is 2.43. The SMILES string of the molecule is Cc1ccoc1C(=O)NCc1cccc(O)c1. The monoisotopic (exact) mass is 231 g/mol. The Morgan fingerprint density at radius 2 is 2.24 bits per heavy atom. The molecule has 88 valence electrons. The molecule has 0 aliphatic rings. The lowest BCUT2D eigenvalue weighted by Gasteiger charge is -2.04. The first kappa shape index (κ1) is 11.3. The van der Waals surface area contributed by atoms with E-state index in [0.29, 0.717) is 12.3 Å². The van der Waals surface area contributed by atoms with Crippen LogP contribution in [-0.2, 0) is 6.54 Å². The molecule has 0 saturated carbocycles. The number of amides is 1. The maximum atomic E-state index is 11.7. The highest BCUT2D eigenvalue weighted by molar-refractivity contribution is 5.92. The lowest BCUT2D eigenvalue weighted by Crippen LogP contribution is -2.22. The first-order chi connectivity index (χ1) is 8.16. The molecule has 0 atom stereocenters. The molecule has 2 aromatic rings. The summed E-state index contributed by atoms with van der Waals surface area (Å²) in [6.07, 6.45) is 1.48. The fourth-order valence-electron chi connectivity index (χ4n) is 1.53. The van der Waals surface area contributed by atoms with E-state index in [0.717, 1.165) is 11.1 Å². The zero-order valence-corrected chi connectivity index (χ0v) is 9.43. The largest absolute Gasteiger partial charge is 0.508 e. The van der Waals surface area contributed by atoms with Gasteiger partial charge >= 0.3 is 0 Å². The van der Waals surface area contributed by atoms with Gasteiger partial charge in [-0.15, -0.1) is 0 Å². The lowest BCUT2D eigenvalue weighted by molar-refractivity contribution is 0.0922. The van der Waals surface area contributed by atoms with E-state index in [1.807, 2.05) is 13.0 Å². The Morgan fingerprint density at radius 3 is 2.88 bits per heavy atom. The van der Waals surface area contributed by atoms with Crippen molar-refractivity contribution in [1.82, 2.24) is 5.32 Å². The summed E-state index contributed by atoms with van der Waals surface area (Å²) in [5, 5.41) is 12.0. The van der Waals surface area contributed by atoms with Crippen LogP contribution >= 0.6 is 0 Å². The molecule has 0 fully saturated rings. The van der Waals surface area contributed by atoms with E-state index < -0.39 is 0 Å². The van der Waals surface area contributed by atoms with E-state index in [1.165, 1.54) is 6.26 Å². The minimum absolute atomic E-state index is 0.186. The summed E-state index contributed by atoms with van der Waals surface area (Å²) in [4.78, 5) is 11.7. The molecule has 1 heterocycles. The summed E-state index contributed by atoms with van der Waals surface area (Å²) in [7, 11) is 0. The Bertz CT molecular complexity index is 531. The van der Waals surface area contributed by atoms with Crippen LogP contribution in [-0.4, -0.2) is 11.0 Å². The van der Waals surface area contributed by atoms with E-state index in [4.69, 9.17) is 4.42 Å². The van der Waals surface area contributed by atoms with Crippen LogP contribution in [0.1, 0.15) is 21.7 Å². The Labute approximate surface area is 98.9 Å². The van der Waals surface area contributed by atoms with E-state index in [9.17, 15) is 9.90 Å². The van der Waals surface area contributed by atoms with Crippen LogP contribution in [0.5, 0.6) is 5.75 Å². The van der Waals surface area contributed by atoms with Crippen molar-refractivity contribution < 1.29 is 14.3 Å². The third kappa shape index (κ3) is 2.66. The molecule has 17 heavy (non-hydrogen) atoms. The average Bonchev–Trinajstić information content (AvgIpc) is 2.72. The van der Waals surface area contributed by atoms with Crippen molar-refractivity contribution in [2.24, 2.45) is 0 Å². The van der Waals surface area contributed by atoms with Crippen molar-refractivity contribution in [3.05, 3.63) is 53.5 Å². The summed E-state index contributed by atoms with van der Waals surface area (Å²) in [5.74, 6) is 0.256. The van der Waals surface area contributed by atoms with Crippen LogP contribution in [0.25, 0.3) is 0 Å². The molecule has 4 nitrogen and oxygen atoms in total. The molecule has 0 aliphatic heterocycles. The van der Waals surface area contributed by atoms with Gasteiger partial charge in [-0.25, -0.2) is 0 Å². The molecular formula is C13H13NO3. The molecule has 0 unspecified atom stereocenters. The number of hydrogen-bond donors (Lipinski definition) is 2. The standard InChI is InChI=1S/C13H13NO3/c1-9-5-6-17-12(9)13(16)14-8-10-3-2-4-11(15)7-10/h2-7,15H,8H2,1H3,(H,14,16). The minimum atomic E-state index is -0.254. The predicted molar refractivity (Wildman–Crippen MR) is 62.7 cm³/mol. The van der Waals surface area contributed by atoms with E-state index in [1.54, 1.807) is 24.3 Å². The lowest BCUT2D eigenvalue weighted by atomic mass is 10.2. The van der Waals surface area contributed by atoms with Crippen molar-refractivity contribution in [2.75, 3.05) is 0 Å². The summed E-state index contributed by atoms with van der Waals surface area (Å²) < 4.78 is 5.08. The summed E-state index contributed by atoms with van der Waals surface area (Å²) in [6, 6.07) is 8.49. The van der Waals surface area contributed by atoms with Crippen LogP contribution in [0.15, 0.2) is 41.0 Å². The highest BCUT2D eigenvalue weighted by atomic mass is 16.3. The normalized spacial score (nSPS) is 10.2. The van der Waals surface area contributed by atoms with E-state index >= 15 is 0 Å². The topological polar surface area (TPSA) is 62.5 Å². The maximum absolute atomic E-state index is 11.7. The molecule has 0 bridgehead atoms.